The van der Waals surface area contributed by atoms with E-state index in [1.165, 1.54) is 32.6 Å². The zero-order valence-electron chi connectivity index (χ0n) is 30.5. The Morgan fingerprint density at radius 1 is 0.404 bits per heavy atom. The van der Waals surface area contributed by atoms with Crippen LogP contribution in [0.4, 0.5) is 0 Å². The molecular formula is C47H41N5. The average molecular weight is 676 g/mol. The van der Waals surface area contributed by atoms with E-state index >= 15 is 0 Å². The number of fused-ring (bicyclic) bond motifs is 6. The summed E-state index contributed by atoms with van der Waals surface area (Å²) in [5.41, 5.74) is 9.52. The molecule has 0 aliphatic heterocycles. The van der Waals surface area contributed by atoms with Crippen molar-refractivity contribution in [2.45, 2.75) is 52.4 Å². The van der Waals surface area contributed by atoms with Crippen molar-refractivity contribution in [3.8, 4) is 33.9 Å². The molecular weight excluding hydrogens is 635 g/mol. The molecule has 3 aromatic heterocycles. The largest absolute Gasteiger partial charge is 0.309 e. The molecule has 254 valence electrons. The first-order valence-electron chi connectivity index (χ1n) is 18.1. The van der Waals surface area contributed by atoms with E-state index in [-0.39, 0.29) is 10.8 Å². The molecule has 0 aliphatic carbocycles. The molecule has 0 amide bonds. The number of hydrogen-bond acceptors (Lipinski definition) is 3. The standard InChI is InChI=1S/C47H41N5/c1-46(2,3)44-48-43(49-45(50-44)47(4,5)6)36-23-16-22-32(30-17-8-7-9-18-30)42(36)52-40-26-15-12-21-35(40)37-29-31(27-28-41(37)52)51-38-24-13-10-19-33(38)34-20-11-14-25-39(34)51/h7-29H,1-6H3. The van der Waals surface area contributed by atoms with Crippen LogP contribution in [0.1, 0.15) is 53.2 Å². The first-order chi connectivity index (χ1) is 25.1. The predicted molar refractivity (Wildman–Crippen MR) is 217 cm³/mol. The minimum atomic E-state index is -0.259. The van der Waals surface area contributed by atoms with Gasteiger partial charge in [-0.15, -0.1) is 0 Å². The van der Waals surface area contributed by atoms with Crippen LogP contribution in [0.5, 0.6) is 0 Å². The fourth-order valence-corrected chi connectivity index (χ4v) is 7.52. The Balaban J connectivity index is 1.38. The Bertz CT molecular complexity index is 2720. The van der Waals surface area contributed by atoms with Crippen molar-refractivity contribution < 1.29 is 0 Å². The van der Waals surface area contributed by atoms with Gasteiger partial charge in [-0.05, 0) is 48.0 Å². The summed E-state index contributed by atoms with van der Waals surface area (Å²) in [5.74, 6) is 2.26. The third-order valence-corrected chi connectivity index (χ3v) is 10.1. The van der Waals surface area contributed by atoms with Gasteiger partial charge in [-0.1, -0.05) is 139 Å². The molecule has 0 saturated carbocycles. The van der Waals surface area contributed by atoms with E-state index in [1.807, 2.05) is 0 Å². The molecule has 0 aliphatic rings. The van der Waals surface area contributed by atoms with Crippen molar-refractivity contribution >= 4 is 43.6 Å². The van der Waals surface area contributed by atoms with E-state index in [0.29, 0.717) is 5.82 Å². The Morgan fingerprint density at radius 3 is 1.46 bits per heavy atom. The van der Waals surface area contributed by atoms with Crippen LogP contribution in [0.2, 0.25) is 0 Å². The minimum Gasteiger partial charge on any atom is -0.309 e. The zero-order chi connectivity index (χ0) is 35.8. The van der Waals surface area contributed by atoms with Gasteiger partial charge in [0, 0.05) is 49.2 Å². The summed E-state index contributed by atoms with van der Waals surface area (Å²) < 4.78 is 4.82. The van der Waals surface area contributed by atoms with Crippen LogP contribution in [0.25, 0.3) is 77.5 Å². The van der Waals surface area contributed by atoms with Crippen molar-refractivity contribution in [3.63, 3.8) is 0 Å². The highest BCUT2D eigenvalue weighted by atomic mass is 15.1. The van der Waals surface area contributed by atoms with Crippen molar-refractivity contribution in [1.82, 2.24) is 24.1 Å². The smallest absolute Gasteiger partial charge is 0.165 e. The van der Waals surface area contributed by atoms with Crippen LogP contribution in [0, 0.1) is 0 Å². The van der Waals surface area contributed by atoms with E-state index in [1.54, 1.807) is 0 Å². The molecule has 3 heterocycles. The highest BCUT2D eigenvalue weighted by Gasteiger charge is 2.28. The van der Waals surface area contributed by atoms with Crippen LogP contribution >= 0.6 is 0 Å². The topological polar surface area (TPSA) is 48.5 Å². The summed E-state index contributed by atoms with van der Waals surface area (Å²) >= 11 is 0. The van der Waals surface area contributed by atoms with Crippen molar-refractivity contribution in [2.24, 2.45) is 0 Å². The highest BCUT2D eigenvalue weighted by Crippen LogP contribution is 2.42. The quantitative estimate of drug-likeness (QED) is 0.187. The lowest BCUT2D eigenvalue weighted by atomic mass is 9.92. The monoisotopic (exact) mass is 675 g/mol. The van der Waals surface area contributed by atoms with Gasteiger partial charge in [-0.3, -0.25) is 0 Å². The van der Waals surface area contributed by atoms with Gasteiger partial charge in [0.25, 0.3) is 0 Å². The molecule has 0 fully saturated rings. The van der Waals surface area contributed by atoms with Crippen LogP contribution in [0.3, 0.4) is 0 Å². The average Bonchev–Trinajstić information content (AvgIpc) is 3.66. The lowest BCUT2D eigenvalue weighted by molar-refractivity contribution is 0.497. The SMILES string of the molecule is CC(C)(C)c1nc(-c2cccc(-c3ccccc3)c2-n2c3ccccc3c3cc(-n4c5ccccc5c5ccccc54)ccc32)nc(C(C)(C)C)n1. The van der Waals surface area contributed by atoms with E-state index in [2.05, 4.69) is 190 Å². The molecule has 0 spiro atoms. The Hall–Kier alpha value is -6.07. The predicted octanol–water partition coefficient (Wildman–Crippen LogP) is 12.0. The molecule has 9 rings (SSSR count). The lowest BCUT2D eigenvalue weighted by Gasteiger charge is -2.24. The molecule has 0 unspecified atom stereocenters. The van der Waals surface area contributed by atoms with Crippen molar-refractivity contribution in [3.05, 3.63) is 151 Å². The van der Waals surface area contributed by atoms with Gasteiger partial charge < -0.3 is 9.13 Å². The van der Waals surface area contributed by atoms with E-state index in [0.717, 1.165) is 50.7 Å². The summed E-state index contributed by atoms with van der Waals surface area (Å²) in [5, 5.41) is 4.88. The second-order valence-corrected chi connectivity index (χ2v) is 15.8. The van der Waals surface area contributed by atoms with Crippen LogP contribution in [0.15, 0.2) is 140 Å². The fourth-order valence-electron chi connectivity index (χ4n) is 7.52. The third kappa shape index (κ3) is 5.11. The second-order valence-electron chi connectivity index (χ2n) is 15.8. The summed E-state index contributed by atoms with van der Waals surface area (Å²) in [6.45, 7) is 13.0. The van der Waals surface area contributed by atoms with Gasteiger partial charge in [0.15, 0.2) is 5.82 Å². The molecule has 6 aromatic carbocycles. The van der Waals surface area contributed by atoms with Gasteiger partial charge in [-0.25, -0.2) is 15.0 Å². The van der Waals surface area contributed by atoms with Crippen LogP contribution in [-0.2, 0) is 10.8 Å². The number of para-hydroxylation sites is 4. The Kier molecular flexibility index (Phi) is 7.20. The lowest BCUT2D eigenvalue weighted by Crippen LogP contribution is -2.24. The summed E-state index contributed by atoms with van der Waals surface area (Å²) in [6, 6.07) is 50.2. The maximum Gasteiger partial charge on any atom is 0.165 e. The van der Waals surface area contributed by atoms with Gasteiger partial charge in [-0.2, -0.15) is 0 Å². The maximum atomic E-state index is 5.22. The summed E-state index contributed by atoms with van der Waals surface area (Å²) in [7, 11) is 0. The van der Waals surface area contributed by atoms with Gasteiger partial charge in [0.2, 0.25) is 0 Å². The van der Waals surface area contributed by atoms with E-state index < -0.39 is 0 Å². The van der Waals surface area contributed by atoms with Gasteiger partial charge in [0.1, 0.15) is 11.6 Å². The first-order valence-corrected chi connectivity index (χ1v) is 18.1. The molecule has 0 atom stereocenters. The van der Waals surface area contributed by atoms with Crippen LogP contribution in [-0.4, -0.2) is 24.1 Å². The normalized spacial score (nSPS) is 12.4. The van der Waals surface area contributed by atoms with Gasteiger partial charge in [0.05, 0.1) is 27.8 Å². The van der Waals surface area contributed by atoms with E-state index in [4.69, 9.17) is 15.0 Å². The van der Waals surface area contributed by atoms with Crippen LogP contribution < -0.4 is 0 Å². The summed E-state index contributed by atoms with van der Waals surface area (Å²) in [6.07, 6.45) is 0. The van der Waals surface area contributed by atoms with E-state index in [9.17, 15) is 0 Å². The minimum absolute atomic E-state index is 0.259. The second kappa shape index (κ2) is 11.7. The van der Waals surface area contributed by atoms with Crippen molar-refractivity contribution in [2.75, 3.05) is 0 Å². The number of aromatic nitrogens is 5. The molecule has 0 saturated heterocycles. The molecule has 52 heavy (non-hydrogen) atoms. The Morgan fingerprint density at radius 2 is 0.885 bits per heavy atom. The Labute approximate surface area is 304 Å². The molecule has 0 radical (unpaired) electrons. The number of nitrogens with zero attached hydrogens (tertiary/aromatic N) is 5. The first kappa shape index (κ1) is 31.9. The highest BCUT2D eigenvalue weighted by molar-refractivity contribution is 6.13. The van der Waals surface area contributed by atoms with Gasteiger partial charge >= 0.3 is 0 Å². The molecule has 5 nitrogen and oxygen atoms in total. The number of rotatable bonds is 4. The fraction of sp³-hybridized carbons (Fsp3) is 0.170. The molecule has 0 N–H and O–H groups in total. The number of hydrogen-bond donors (Lipinski definition) is 0. The summed E-state index contributed by atoms with van der Waals surface area (Å²) in [4.78, 5) is 15.5. The van der Waals surface area contributed by atoms with Crippen molar-refractivity contribution in [1.29, 1.82) is 0 Å². The maximum absolute atomic E-state index is 5.22. The molecule has 9 aromatic rings. The number of benzene rings is 6. The molecule has 0 bridgehead atoms. The third-order valence-electron chi connectivity index (χ3n) is 10.1. The molecule has 5 heteroatoms. The zero-order valence-corrected chi connectivity index (χ0v) is 30.5.